The molecule has 0 unspecified atom stereocenters. The van der Waals surface area contributed by atoms with Crippen molar-refractivity contribution in [3.63, 3.8) is 0 Å². The normalized spacial score (nSPS) is 23.3. The minimum atomic E-state index is -0.0530. The summed E-state index contributed by atoms with van der Waals surface area (Å²) in [7, 11) is 1.86. The highest BCUT2D eigenvalue weighted by atomic mass is 32.2. The average Bonchev–Trinajstić information content (AvgIpc) is 2.97. The molecule has 0 bridgehead atoms. The maximum absolute atomic E-state index is 12.2. The van der Waals surface area contributed by atoms with Gasteiger partial charge in [0.05, 0.1) is 5.69 Å². The Labute approximate surface area is 112 Å². The maximum Gasteiger partial charge on any atom is 0.292 e. The lowest BCUT2D eigenvalue weighted by Gasteiger charge is -2.23. The van der Waals surface area contributed by atoms with Gasteiger partial charge in [-0.2, -0.15) is 11.8 Å². The second-order valence-electron chi connectivity index (χ2n) is 4.79. The molecule has 2 atom stereocenters. The van der Waals surface area contributed by atoms with Crippen molar-refractivity contribution in [2.24, 2.45) is 0 Å². The quantitative estimate of drug-likeness (QED) is 0.842. The van der Waals surface area contributed by atoms with Crippen LogP contribution in [-0.2, 0) is 0 Å². The van der Waals surface area contributed by atoms with Crippen molar-refractivity contribution in [3.8, 4) is 0 Å². The van der Waals surface area contributed by atoms with E-state index in [1.807, 2.05) is 30.6 Å². The number of nitrogens with zero attached hydrogens (tertiary/aromatic N) is 2. The van der Waals surface area contributed by atoms with Crippen LogP contribution in [0.1, 0.15) is 42.4 Å². The third kappa shape index (κ3) is 2.88. The molecule has 2 rings (SSSR count). The second kappa shape index (κ2) is 5.78. The monoisotopic (exact) mass is 268 g/mol. The lowest BCUT2D eigenvalue weighted by atomic mass is 10.2. The summed E-state index contributed by atoms with van der Waals surface area (Å²) in [6.45, 7) is 4.01. The van der Waals surface area contributed by atoms with Gasteiger partial charge in [-0.05, 0) is 31.9 Å². The van der Waals surface area contributed by atoms with Crippen LogP contribution in [0.15, 0.2) is 10.6 Å². The van der Waals surface area contributed by atoms with E-state index in [-0.39, 0.29) is 5.91 Å². The number of amides is 1. The van der Waals surface area contributed by atoms with Gasteiger partial charge in [0, 0.05) is 24.4 Å². The van der Waals surface area contributed by atoms with Gasteiger partial charge in [-0.15, -0.1) is 0 Å². The number of thioether (sulfide) groups is 1. The fourth-order valence-corrected chi connectivity index (χ4v) is 3.59. The number of aryl methyl sites for hydroxylation is 1. The molecule has 1 aromatic heterocycles. The van der Waals surface area contributed by atoms with Gasteiger partial charge in [-0.3, -0.25) is 4.79 Å². The molecule has 1 heterocycles. The van der Waals surface area contributed by atoms with Crippen LogP contribution in [0.5, 0.6) is 0 Å². The molecule has 1 aromatic rings. The van der Waals surface area contributed by atoms with E-state index in [1.165, 1.54) is 6.42 Å². The van der Waals surface area contributed by atoms with Gasteiger partial charge in [0.25, 0.3) is 5.91 Å². The summed E-state index contributed by atoms with van der Waals surface area (Å²) in [5.74, 6) is 1.44. The zero-order valence-corrected chi connectivity index (χ0v) is 12.0. The highest BCUT2D eigenvalue weighted by molar-refractivity contribution is 7.99. The van der Waals surface area contributed by atoms with Crippen LogP contribution in [0.3, 0.4) is 0 Å². The Morgan fingerprint density at radius 2 is 2.39 bits per heavy atom. The number of rotatable bonds is 4. The summed E-state index contributed by atoms with van der Waals surface area (Å²) in [6.07, 6.45) is 3.39. The van der Waals surface area contributed by atoms with Crippen LogP contribution in [-0.4, -0.2) is 40.1 Å². The molecule has 0 saturated heterocycles. The summed E-state index contributed by atoms with van der Waals surface area (Å²) in [5.41, 5.74) is 0.748. The van der Waals surface area contributed by atoms with Crippen LogP contribution in [0.25, 0.3) is 0 Å². The Hall–Kier alpha value is -0.970. The van der Waals surface area contributed by atoms with Gasteiger partial charge < -0.3 is 9.42 Å². The Morgan fingerprint density at radius 3 is 3.00 bits per heavy atom. The highest BCUT2D eigenvalue weighted by Gasteiger charge is 2.31. The molecule has 100 valence electrons. The predicted octanol–water partition coefficient (Wildman–Crippen LogP) is 2.73. The molecule has 0 aliphatic heterocycles. The van der Waals surface area contributed by atoms with Gasteiger partial charge in [-0.1, -0.05) is 12.1 Å². The second-order valence-corrected chi connectivity index (χ2v) is 6.37. The largest absolute Gasteiger partial charge is 0.351 e. The maximum atomic E-state index is 12.2. The molecule has 4 nitrogen and oxygen atoms in total. The Balaban J connectivity index is 1.95. The molecule has 18 heavy (non-hydrogen) atoms. The third-order valence-corrected chi connectivity index (χ3v) is 4.70. The molecule has 1 saturated carbocycles. The number of carbonyl (C=O) groups is 1. The van der Waals surface area contributed by atoms with E-state index in [9.17, 15) is 4.79 Å². The first kappa shape index (κ1) is 13.5. The smallest absolute Gasteiger partial charge is 0.292 e. The number of aromatic nitrogens is 1. The van der Waals surface area contributed by atoms with Crippen molar-refractivity contribution in [1.29, 1.82) is 0 Å². The summed E-state index contributed by atoms with van der Waals surface area (Å²) in [4.78, 5) is 14.0. The van der Waals surface area contributed by atoms with Crippen LogP contribution < -0.4 is 0 Å². The fourth-order valence-electron chi connectivity index (χ4n) is 2.46. The number of hydrogen-bond acceptors (Lipinski definition) is 4. The van der Waals surface area contributed by atoms with Crippen LogP contribution in [0, 0.1) is 6.92 Å². The Bertz CT molecular complexity index is 419. The standard InChI is InChI=1S/C13H20N2O2S/c1-4-18-11-6-5-10(8-11)15(3)13(16)12-7-9(2)14-17-12/h7,10-11H,4-6,8H2,1-3H3/t10-,11+/m0/s1. The van der Waals surface area contributed by atoms with Crippen molar-refractivity contribution in [2.45, 2.75) is 44.4 Å². The van der Waals surface area contributed by atoms with E-state index in [0.717, 1.165) is 24.3 Å². The van der Waals surface area contributed by atoms with Gasteiger partial charge >= 0.3 is 0 Å². The van der Waals surface area contributed by atoms with Crippen molar-refractivity contribution in [2.75, 3.05) is 12.8 Å². The molecule has 0 spiro atoms. The Kier molecular flexibility index (Phi) is 4.32. The zero-order valence-electron chi connectivity index (χ0n) is 11.2. The van der Waals surface area contributed by atoms with Crippen molar-refractivity contribution in [3.05, 3.63) is 17.5 Å². The lowest BCUT2D eigenvalue weighted by Crippen LogP contribution is -2.35. The molecule has 0 radical (unpaired) electrons. The van der Waals surface area contributed by atoms with E-state index in [1.54, 1.807) is 6.07 Å². The molecule has 5 heteroatoms. The van der Waals surface area contributed by atoms with E-state index in [0.29, 0.717) is 17.1 Å². The predicted molar refractivity (Wildman–Crippen MR) is 72.9 cm³/mol. The lowest BCUT2D eigenvalue weighted by molar-refractivity contribution is 0.0693. The summed E-state index contributed by atoms with van der Waals surface area (Å²) < 4.78 is 5.03. The first-order chi connectivity index (χ1) is 8.61. The summed E-state index contributed by atoms with van der Waals surface area (Å²) in [5, 5.41) is 4.47. The number of hydrogen-bond donors (Lipinski definition) is 0. The minimum Gasteiger partial charge on any atom is -0.351 e. The van der Waals surface area contributed by atoms with Crippen molar-refractivity contribution >= 4 is 17.7 Å². The molecule has 1 aliphatic rings. The molecule has 1 aliphatic carbocycles. The first-order valence-corrected chi connectivity index (χ1v) is 7.48. The average molecular weight is 268 g/mol. The zero-order chi connectivity index (χ0) is 13.1. The van der Waals surface area contributed by atoms with E-state index in [4.69, 9.17) is 4.52 Å². The molecule has 1 fully saturated rings. The van der Waals surface area contributed by atoms with Gasteiger partial charge in [0.2, 0.25) is 5.76 Å². The van der Waals surface area contributed by atoms with Crippen LogP contribution in [0.2, 0.25) is 0 Å². The van der Waals surface area contributed by atoms with Gasteiger partial charge in [0.1, 0.15) is 0 Å². The van der Waals surface area contributed by atoms with Gasteiger partial charge in [-0.25, -0.2) is 0 Å². The summed E-state index contributed by atoms with van der Waals surface area (Å²) in [6, 6.07) is 2.04. The number of carbonyl (C=O) groups excluding carboxylic acids is 1. The third-order valence-electron chi connectivity index (χ3n) is 3.47. The van der Waals surface area contributed by atoms with E-state index >= 15 is 0 Å². The first-order valence-electron chi connectivity index (χ1n) is 6.44. The molecule has 0 N–H and O–H groups in total. The van der Waals surface area contributed by atoms with E-state index in [2.05, 4.69) is 12.1 Å². The molecular formula is C13H20N2O2S. The fraction of sp³-hybridized carbons (Fsp3) is 0.692. The van der Waals surface area contributed by atoms with Gasteiger partial charge in [0.15, 0.2) is 0 Å². The Morgan fingerprint density at radius 1 is 1.61 bits per heavy atom. The van der Waals surface area contributed by atoms with Crippen LogP contribution in [0.4, 0.5) is 0 Å². The molecular weight excluding hydrogens is 248 g/mol. The van der Waals surface area contributed by atoms with Crippen molar-refractivity contribution < 1.29 is 9.32 Å². The molecule has 1 amide bonds. The van der Waals surface area contributed by atoms with Crippen LogP contribution >= 0.6 is 11.8 Å². The van der Waals surface area contributed by atoms with E-state index < -0.39 is 0 Å². The SMILES string of the molecule is CCS[C@@H]1CC[C@H](N(C)C(=O)c2cc(C)no2)C1. The van der Waals surface area contributed by atoms with Crippen molar-refractivity contribution in [1.82, 2.24) is 10.1 Å². The highest BCUT2D eigenvalue weighted by Crippen LogP contribution is 2.32. The topological polar surface area (TPSA) is 46.3 Å². The molecule has 0 aromatic carbocycles. The minimum absolute atomic E-state index is 0.0530. The summed E-state index contributed by atoms with van der Waals surface area (Å²) >= 11 is 2.00.